The molecule has 0 radical (unpaired) electrons. The van der Waals surface area contributed by atoms with Gasteiger partial charge in [0, 0.05) is 51.4 Å². The number of hydrogen-bond acceptors (Lipinski definition) is 5. The number of alkyl halides is 6. The van der Waals surface area contributed by atoms with Gasteiger partial charge in [-0.05, 0) is 30.9 Å². The van der Waals surface area contributed by atoms with Crippen LogP contribution in [0.25, 0.3) is 0 Å². The van der Waals surface area contributed by atoms with Crippen molar-refractivity contribution in [2.24, 2.45) is 11.3 Å². The van der Waals surface area contributed by atoms with E-state index in [0.29, 0.717) is 25.1 Å². The number of rotatable bonds is 4. The number of likely N-dealkylation sites (tertiary alicyclic amines) is 1. The van der Waals surface area contributed by atoms with Crippen molar-refractivity contribution in [2.75, 3.05) is 45.9 Å². The van der Waals surface area contributed by atoms with Crippen molar-refractivity contribution in [1.29, 1.82) is 0 Å². The standard InChI is InChI=1S/C18H21F6N3O3S/c19-17(20,21)14-2-1-13(15(25-14)18(22,23)24)31(28,29)27-10-16(11-27)8-26(9-16)7-12-3-5-30-6-4-12/h1-2,12H,3-11H2. The van der Waals surface area contributed by atoms with Crippen LogP contribution in [0.4, 0.5) is 26.3 Å². The molecule has 0 aliphatic carbocycles. The Bertz CT molecular complexity index is 930. The third-order valence-electron chi connectivity index (χ3n) is 6.03. The normalized spacial score (nSPS) is 23.5. The summed E-state index contributed by atoms with van der Waals surface area (Å²) >= 11 is 0. The third kappa shape index (κ3) is 4.41. The number of pyridine rings is 1. The van der Waals surface area contributed by atoms with Crippen molar-refractivity contribution in [2.45, 2.75) is 30.1 Å². The fraction of sp³-hybridized carbons (Fsp3) is 0.722. The van der Waals surface area contributed by atoms with E-state index < -0.39 is 38.7 Å². The van der Waals surface area contributed by atoms with Crippen LogP contribution in [0.3, 0.4) is 0 Å². The highest BCUT2D eigenvalue weighted by atomic mass is 32.2. The third-order valence-corrected chi connectivity index (χ3v) is 7.86. The molecular formula is C18H21F6N3O3S. The molecule has 1 aromatic heterocycles. The Morgan fingerprint density at radius 2 is 1.61 bits per heavy atom. The van der Waals surface area contributed by atoms with Gasteiger partial charge >= 0.3 is 12.4 Å². The maximum absolute atomic E-state index is 13.3. The number of ether oxygens (including phenoxy) is 1. The van der Waals surface area contributed by atoms with E-state index in [9.17, 15) is 34.8 Å². The van der Waals surface area contributed by atoms with Crippen molar-refractivity contribution in [3.8, 4) is 0 Å². The monoisotopic (exact) mass is 473 g/mol. The molecule has 0 amide bonds. The van der Waals surface area contributed by atoms with Gasteiger partial charge in [0.25, 0.3) is 0 Å². The van der Waals surface area contributed by atoms with Crippen LogP contribution >= 0.6 is 0 Å². The van der Waals surface area contributed by atoms with E-state index in [1.807, 2.05) is 0 Å². The summed E-state index contributed by atoms with van der Waals surface area (Å²) in [5, 5.41) is 0. The van der Waals surface area contributed by atoms with Crippen molar-refractivity contribution in [3.05, 3.63) is 23.5 Å². The molecular weight excluding hydrogens is 452 g/mol. The van der Waals surface area contributed by atoms with Crippen LogP contribution in [-0.4, -0.2) is 68.5 Å². The zero-order chi connectivity index (χ0) is 22.7. The molecule has 3 aliphatic heterocycles. The Morgan fingerprint density at radius 1 is 1.00 bits per heavy atom. The first-order valence-corrected chi connectivity index (χ1v) is 11.2. The van der Waals surface area contributed by atoms with E-state index in [-0.39, 0.29) is 24.6 Å². The number of nitrogens with zero attached hydrogens (tertiary/aromatic N) is 3. The molecule has 4 rings (SSSR count). The molecule has 0 aromatic carbocycles. The summed E-state index contributed by atoms with van der Waals surface area (Å²) < 4.78 is 110. The van der Waals surface area contributed by atoms with Crippen LogP contribution in [0, 0.1) is 11.3 Å². The summed E-state index contributed by atoms with van der Waals surface area (Å²) in [6.45, 7) is 3.69. The molecule has 174 valence electrons. The van der Waals surface area contributed by atoms with Crippen LogP contribution < -0.4 is 0 Å². The van der Waals surface area contributed by atoms with Crippen LogP contribution in [0.2, 0.25) is 0 Å². The first-order valence-electron chi connectivity index (χ1n) is 9.76. The highest BCUT2D eigenvalue weighted by Crippen LogP contribution is 2.44. The largest absolute Gasteiger partial charge is 0.434 e. The van der Waals surface area contributed by atoms with Gasteiger partial charge in [-0.2, -0.15) is 30.6 Å². The molecule has 31 heavy (non-hydrogen) atoms. The van der Waals surface area contributed by atoms with Crippen LogP contribution in [0.5, 0.6) is 0 Å². The van der Waals surface area contributed by atoms with Gasteiger partial charge in [0.1, 0.15) is 10.6 Å². The van der Waals surface area contributed by atoms with Crippen molar-refractivity contribution in [3.63, 3.8) is 0 Å². The Labute approximate surface area is 175 Å². The second-order valence-corrected chi connectivity index (χ2v) is 10.4. The van der Waals surface area contributed by atoms with Crippen LogP contribution in [0.1, 0.15) is 24.2 Å². The molecule has 0 N–H and O–H groups in total. The molecule has 1 spiro atoms. The minimum absolute atomic E-state index is 0.0396. The average Bonchev–Trinajstić information content (AvgIpc) is 2.61. The van der Waals surface area contributed by atoms with E-state index >= 15 is 0 Å². The van der Waals surface area contributed by atoms with E-state index in [4.69, 9.17) is 4.74 Å². The van der Waals surface area contributed by atoms with Crippen molar-refractivity contribution >= 4 is 10.0 Å². The zero-order valence-electron chi connectivity index (χ0n) is 16.3. The predicted molar refractivity (Wildman–Crippen MR) is 95.4 cm³/mol. The highest BCUT2D eigenvalue weighted by Gasteiger charge is 2.56. The Hall–Kier alpha value is -1.44. The molecule has 3 aliphatic rings. The second-order valence-electron chi connectivity index (χ2n) is 8.54. The summed E-state index contributed by atoms with van der Waals surface area (Å²) in [5.74, 6) is 0.513. The maximum Gasteiger partial charge on any atom is 0.434 e. The van der Waals surface area contributed by atoms with Crippen molar-refractivity contribution in [1.82, 2.24) is 14.2 Å². The molecule has 3 saturated heterocycles. The summed E-state index contributed by atoms with van der Waals surface area (Å²) in [6, 6.07) is 0.605. The smallest absolute Gasteiger partial charge is 0.381 e. The lowest BCUT2D eigenvalue weighted by Crippen LogP contribution is -2.73. The summed E-state index contributed by atoms with van der Waals surface area (Å²) in [6.07, 6.45) is -8.54. The molecule has 13 heteroatoms. The Balaban J connectivity index is 1.44. The Kier molecular flexibility index (Phi) is 5.55. The minimum atomic E-state index is -5.34. The van der Waals surface area contributed by atoms with Crippen molar-refractivity contribution < 1.29 is 39.5 Å². The quantitative estimate of drug-likeness (QED) is 0.630. The van der Waals surface area contributed by atoms with Gasteiger partial charge < -0.3 is 9.64 Å². The molecule has 3 fully saturated rings. The second kappa shape index (κ2) is 7.56. The molecule has 0 atom stereocenters. The highest BCUT2D eigenvalue weighted by molar-refractivity contribution is 7.89. The zero-order valence-corrected chi connectivity index (χ0v) is 17.2. The van der Waals surface area contributed by atoms with E-state index in [1.165, 1.54) is 0 Å². The van der Waals surface area contributed by atoms with Crippen LogP contribution in [-0.2, 0) is 27.1 Å². The van der Waals surface area contributed by atoms with Gasteiger partial charge in [-0.15, -0.1) is 0 Å². The maximum atomic E-state index is 13.3. The van der Waals surface area contributed by atoms with E-state index in [2.05, 4.69) is 9.88 Å². The van der Waals surface area contributed by atoms with E-state index in [0.717, 1.165) is 36.9 Å². The molecule has 0 saturated carbocycles. The number of halogens is 6. The summed E-state index contributed by atoms with van der Waals surface area (Å²) in [4.78, 5) is 3.54. The first kappa shape index (κ1) is 22.7. The van der Waals surface area contributed by atoms with Gasteiger partial charge in [0.15, 0.2) is 5.69 Å². The predicted octanol–water partition coefficient (Wildman–Crippen LogP) is 2.85. The minimum Gasteiger partial charge on any atom is -0.381 e. The summed E-state index contributed by atoms with van der Waals surface area (Å²) in [7, 11) is -4.62. The number of aromatic nitrogens is 1. The van der Waals surface area contributed by atoms with Gasteiger partial charge in [-0.1, -0.05) is 0 Å². The van der Waals surface area contributed by atoms with Gasteiger partial charge in [-0.25, -0.2) is 13.4 Å². The Morgan fingerprint density at radius 3 is 2.16 bits per heavy atom. The lowest BCUT2D eigenvalue weighted by atomic mass is 9.74. The average molecular weight is 473 g/mol. The van der Waals surface area contributed by atoms with Gasteiger partial charge in [-0.3, -0.25) is 0 Å². The summed E-state index contributed by atoms with van der Waals surface area (Å²) in [5.41, 5.74) is -4.14. The topological polar surface area (TPSA) is 62.7 Å². The van der Waals surface area contributed by atoms with Crippen LogP contribution in [0.15, 0.2) is 17.0 Å². The first-order chi connectivity index (χ1) is 14.3. The fourth-order valence-electron chi connectivity index (χ4n) is 4.55. The lowest BCUT2D eigenvalue weighted by molar-refractivity contribution is -0.151. The number of sulfonamides is 1. The molecule has 1 aromatic rings. The molecule has 0 bridgehead atoms. The SMILES string of the molecule is O=S(=O)(c1ccc(C(F)(F)F)nc1C(F)(F)F)N1CC2(CN(CC3CCOCC3)C2)C1. The lowest BCUT2D eigenvalue weighted by Gasteiger charge is -2.60. The molecule has 0 unspecified atom stereocenters. The van der Waals surface area contributed by atoms with E-state index in [1.54, 1.807) is 0 Å². The van der Waals surface area contributed by atoms with Gasteiger partial charge in [0.2, 0.25) is 10.0 Å². The molecule has 4 heterocycles. The number of hydrogen-bond donors (Lipinski definition) is 0. The van der Waals surface area contributed by atoms with Gasteiger partial charge in [0.05, 0.1) is 0 Å². The molecule has 6 nitrogen and oxygen atoms in total. The fourth-order valence-corrected chi connectivity index (χ4v) is 6.36.